The topological polar surface area (TPSA) is 98.3 Å². The van der Waals surface area contributed by atoms with E-state index in [-0.39, 0.29) is 11.8 Å². The number of ether oxygens (including phenoxy) is 2. The highest BCUT2D eigenvalue weighted by Gasteiger charge is 2.14. The molecule has 0 heterocycles. The number of rotatable bonds is 9. The molecule has 0 aliphatic heterocycles. The van der Waals surface area contributed by atoms with Crippen LogP contribution in [0.5, 0.6) is 11.5 Å². The molecule has 2 aromatic carbocycles. The first kappa shape index (κ1) is 22.7. The van der Waals surface area contributed by atoms with Crippen molar-refractivity contribution in [1.82, 2.24) is 5.32 Å². The van der Waals surface area contributed by atoms with Crippen molar-refractivity contribution in [2.45, 2.75) is 33.4 Å². The Morgan fingerprint density at radius 2 is 1.67 bits per heavy atom. The van der Waals surface area contributed by atoms with Crippen LogP contribution < -0.4 is 20.1 Å². The Bertz CT molecular complexity index is 909. The van der Waals surface area contributed by atoms with Crippen molar-refractivity contribution in [3.63, 3.8) is 0 Å². The van der Waals surface area contributed by atoms with Gasteiger partial charge in [0.25, 0.3) is 5.91 Å². The normalized spacial score (nSPS) is 12.0. The van der Waals surface area contributed by atoms with E-state index in [9.17, 15) is 9.59 Å². The monoisotopic (exact) mass is 413 g/mol. The van der Waals surface area contributed by atoms with Crippen molar-refractivity contribution in [1.29, 1.82) is 0 Å². The lowest BCUT2D eigenvalue weighted by Gasteiger charge is -2.13. The van der Waals surface area contributed by atoms with Gasteiger partial charge in [-0.1, -0.05) is 23.4 Å². The summed E-state index contributed by atoms with van der Waals surface area (Å²) in [6.45, 7) is 5.18. The Morgan fingerprint density at radius 1 is 1.00 bits per heavy atom. The van der Waals surface area contributed by atoms with Gasteiger partial charge in [0.2, 0.25) is 12.0 Å². The van der Waals surface area contributed by atoms with Crippen LogP contribution in [0.25, 0.3) is 0 Å². The summed E-state index contributed by atoms with van der Waals surface area (Å²) in [6.07, 6.45) is -0.765. The number of nitrogens with one attached hydrogen (secondary N) is 2. The Hall–Kier alpha value is -3.55. The molecule has 2 amide bonds. The smallest absolute Gasteiger partial charge is 0.263 e. The highest BCUT2D eigenvalue weighted by molar-refractivity contribution is 5.99. The molecule has 1 atom stereocenters. The van der Waals surface area contributed by atoms with Gasteiger partial charge in [0, 0.05) is 19.2 Å². The number of oxime groups is 1. The summed E-state index contributed by atoms with van der Waals surface area (Å²) in [5.74, 6) is 0.796. The lowest BCUT2D eigenvalue weighted by Crippen LogP contribution is -2.33. The number of carbonyl (C=O) groups excluding carboxylic acids is 2. The van der Waals surface area contributed by atoms with E-state index in [2.05, 4.69) is 15.8 Å². The standard InChI is InChI=1S/C22H27N3O5/c1-14(18-7-9-19(10-8-18)24-16(3)26)25-30-15(2)22(27)23-13-17-6-11-20(28-4)21(12-17)29-5/h6-12,15H,13H2,1-5H3,(H,23,27)(H,24,26)/b25-14-. The maximum absolute atomic E-state index is 12.3. The fraction of sp³-hybridized carbons (Fsp3) is 0.318. The van der Waals surface area contributed by atoms with Crippen LogP contribution in [0.2, 0.25) is 0 Å². The molecule has 1 unspecified atom stereocenters. The molecule has 0 bridgehead atoms. The molecule has 0 saturated heterocycles. The quantitative estimate of drug-likeness (QED) is 0.486. The SMILES string of the molecule is COc1ccc(CNC(=O)C(C)O/N=C(/C)c2ccc(NC(C)=O)cc2)cc1OC. The van der Waals surface area contributed by atoms with Crippen LogP contribution in [0.15, 0.2) is 47.6 Å². The summed E-state index contributed by atoms with van der Waals surface area (Å²) >= 11 is 0. The van der Waals surface area contributed by atoms with E-state index in [1.807, 2.05) is 18.2 Å². The van der Waals surface area contributed by atoms with Gasteiger partial charge in [0.1, 0.15) is 0 Å². The van der Waals surface area contributed by atoms with Gasteiger partial charge in [0.05, 0.1) is 19.9 Å². The molecule has 0 saturated carbocycles. The average molecular weight is 413 g/mol. The van der Waals surface area contributed by atoms with Gasteiger partial charge >= 0.3 is 0 Å². The number of methoxy groups -OCH3 is 2. The second kappa shape index (κ2) is 10.8. The van der Waals surface area contributed by atoms with Crippen LogP contribution in [-0.4, -0.2) is 37.8 Å². The number of hydrogen-bond acceptors (Lipinski definition) is 6. The zero-order valence-corrected chi connectivity index (χ0v) is 17.8. The van der Waals surface area contributed by atoms with Crippen LogP contribution in [-0.2, 0) is 21.0 Å². The minimum absolute atomic E-state index is 0.135. The van der Waals surface area contributed by atoms with Gasteiger partial charge < -0.3 is 24.9 Å². The zero-order valence-electron chi connectivity index (χ0n) is 17.8. The first-order chi connectivity index (χ1) is 14.3. The van der Waals surface area contributed by atoms with E-state index in [1.165, 1.54) is 6.92 Å². The molecule has 30 heavy (non-hydrogen) atoms. The second-order valence-corrected chi connectivity index (χ2v) is 6.59. The third-order valence-electron chi connectivity index (χ3n) is 4.25. The third-order valence-corrected chi connectivity index (χ3v) is 4.25. The minimum Gasteiger partial charge on any atom is -0.493 e. The predicted octanol–water partition coefficient (Wildman–Crippen LogP) is 3.11. The van der Waals surface area contributed by atoms with Gasteiger partial charge in [-0.25, -0.2) is 0 Å². The first-order valence-corrected chi connectivity index (χ1v) is 9.41. The average Bonchev–Trinajstić information content (AvgIpc) is 2.75. The largest absolute Gasteiger partial charge is 0.493 e. The fourth-order valence-corrected chi connectivity index (χ4v) is 2.58. The molecule has 0 radical (unpaired) electrons. The molecule has 0 aliphatic carbocycles. The van der Waals surface area contributed by atoms with Crippen molar-refractivity contribution in [3.8, 4) is 11.5 Å². The number of carbonyl (C=O) groups is 2. The van der Waals surface area contributed by atoms with E-state index in [0.717, 1.165) is 11.1 Å². The van der Waals surface area contributed by atoms with Crippen molar-refractivity contribution in [2.24, 2.45) is 5.16 Å². The van der Waals surface area contributed by atoms with E-state index < -0.39 is 6.10 Å². The van der Waals surface area contributed by atoms with Gasteiger partial charge in [0.15, 0.2) is 11.5 Å². The Labute approximate surface area is 176 Å². The maximum atomic E-state index is 12.3. The molecule has 2 rings (SSSR count). The van der Waals surface area contributed by atoms with Crippen molar-refractivity contribution in [2.75, 3.05) is 19.5 Å². The van der Waals surface area contributed by atoms with Crippen molar-refractivity contribution >= 4 is 23.2 Å². The second-order valence-electron chi connectivity index (χ2n) is 6.59. The summed E-state index contributed by atoms with van der Waals surface area (Å²) in [4.78, 5) is 28.7. The molecule has 0 aliphatic rings. The highest BCUT2D eigenvalue weighted by atomic mass is 16.6. The molecule has 2 aromatic rings. The van der Waals surface area contributed by atoms with E-state index in [4.69, 9.17) is 14.3 Å². The number of amides is 2. The van der Waals surface area contributed by atoms with E-state index in [1.54, 1.807) is 52.3 Å². The van der Waals surface area contributed by atoms with Gasteiger partial charge in [-0.2, -0.15) is 0 Å². The van der Waals surface area contributed by atoms with Crippen molar-refractivity contribution < 1.29 is 23.9 Å². The first-order valence-electron chi connectivity index (χ1n) is 9.41. The number of anilines is 1. The van der Waals surface area contributed by atoms with Gasteiger partial charge in [-0.05, 0) is 49.2 Å². The Balaban J connectivity index is 1.89. The molecule has 8 heteroatoms. The summed E-state index contributed by atoms with van der Waals surface area (Å²) < 4.78 is 10.5. The summed E-state index contributed by atoms with van der Waals surface area (Å²) in [5, 5.41) is 9.55. The van der Waals surface area contributed by atoms with Crippen LogP contribution in [0.1, 0.15) is 31.9 Å². The lowest BCUT2D eigenvalue weighted by molar-refractivity contribution is -0.131. The molecule has 160 valence electrons. The van der Waals surface area contributed by atoms with E-state index >= 15 is 0 Å². The number of hydrogen-bond donors (Lipinski definition) is 2. The van der Waals surface area contributed by atoms with Gasteiger partial charge in [-0.15, -0.1) is 0 Å². The lowest BCUT2D eigenvalue weighted by atomic mass is 10.1. The summed E-state index contributed by atoms with van der Waals surface area (Å²) in [7, 11) is 3.13. The molecule has 2 N–H and O–H groups in total. The number of benzene rings is 2. The molecule has 0 spiro atoms. The zero-order chi connectivity index (χ0) is 22.1. The molecular weight excluding hydrogens is 386 g/mol. The van der Waals surface area contributed by atoms with Gasteiger partial charge in [-0.3, -0.25) is 9.59 Å². The predicted molar refractivity (Wildman–Crippen MR) is 115 cm³/mol. The Morgan fingerprint density at radius 3 is 2.27 bits per heavy atom. The molecule has 0 aromatic heterocycles. The molecular formula is C22H27N3O5. The molecule has 8 nitrogen and oxygen atoms in total. The van der Waals surface area contributed by atoms with Crippen LogP contribution in [0.3, 0.4) is 0 Å². The van der Waals surface area contributed by atoms with Crippen LogP contribution >= 0.6 is 0 Å². The van der Waals surface area contributed by atoms with Crippen molar-refractivity contribution in [3.05, 3.63) is 53.6 Å². The van der Waals surface area contributed by atoms with Crippen LogP contribution in [0, 0.1) is 0 Å². The highest BCUT2D eigenvalue weighted by Crippen LogP contribution is 2.27. The fourth-order valence-electron chi connectivity index (χ4n) is 2.58. The third kappa shape index (κ3) is 6.51. The summed E-state index contributed by atoms with van der Waals surface area (Å²) in [5.41, 5.74) is 3.00. The minimum atomic E-state index is -0.765. The number of nitrogens with zero attached hydrogens (tertiary/aromatic N) is 1. The Kier molecular flexibility index (Phi) is 8.22. The summed E-state index contributed by atoms with van der Waals surface area (Å²) in [6, 6.07) is 12.6. The molecule has 0 fully saturated rings. The van der Waals surface area contributed by atoms with E-state index in [0.29, 0.717) is 29.4 Å². The maximum Gasteiger partial charge on any atom is 0.263 e. The van der Waals surface area contributed by atoms with Crippen LogP contribution in [0.4, 0.5) is 5.69 Å².